The van der Waals surface area contributed by atoms with Gasteiger partial charge in [0.05, 0.1) is 13.1 Å². The van der Waals surface area contributed by atoms with Crippen LogP contribution in [-0.4, -0.2) is 4.57 Å². The molecule has 0 unspecified atom stereocenters. The van der Waals surface area contributed by atoms with Gasteiger partial charge in [-0.2, -0.15) is 0 Å². The van der Waals surface area contributed by atoms with Crippen LogP contribution in [0.15, 0.2) is 12.4 Å². The number of hydrogen-bond donors (Lipinski definition) is 0. The molecule has 0 saturated heterocycles. The summed E-state index contributed by atoms with van der Waals surface area (Å²) in [6, 6.07) is 0. The van der Waals surface area contributed by atoms with Crippen molar-refractivity contribution in [3.8, 4) is 0 Å². The second-order valence-corrected chi connectivity index (χ2v) is 9.86. The summed E-state index contributed by atoms with van der Waals surface area (Å²) in [7, 11) is 0. The average molecular weight is 434 g/mol. The van der Waals surface area contributed by atoms with E-state index in [1.807, 2.05) is 0 Å². The van der Waals surface area contributed by atoms with E-state index in [9.17, 15) is 0 Å². The van der Waals surface area contributed by atoms with Gasteiger partial charge in [-0.15, -0.1) is 0 Å². The van der Waals surface area contributed by atoms with Gasteiger partial charge in [0.15, 0.2) is 0 Å². The predicted molar refractivity (Wildman–Crippen MR) is 138 cm³/mol. The number of rotatable bonds is 23. The van der Waals surface area contributed by atoms with E-state index in [4.69, 9.17) is 0 Å². The molecule has 2 nitrogen and oxygen atoms in total. The Kier molecular flexibility index (Phi) is 19.2. The number of imidazole rings is 1. The molecule has 1 rings (SSSR count). The van der Waals surface area contributed by atoms with E-state index in [0.29, 0.717) is 0 Å². The van der Waals surface area contributed by atoms with E-state index in [-0.39, 0.29) is 0 Å². The van der Waals surface area contributed by atoms with Gasteiger partial charge in [0.2, 0.25) is 0 Å². The standard InChI is InChI=1S/C29H57N2/c1-4-7-10-13-15-16-17-18-21-24-29-30(25-22-19-12-9-6-3)27-28-31(29)26-23-20-14-11-8-5-2/h27-28H,4-26H2,1-3H3/q+1. The lowest BCUT2D eigenvalue weighted by Crippen LogP contribution is -2.37. The summed E-state index contributed by atoms with van der Waals surface area (Å²) in [4.78, 5) is 0. The van der Waals surface area contributed by atoms with Crippen molar-refractivity contribution in [2.75, 3.05) is 0 Å². The van der Waals surface area contributed by atoms with Crippen molar-refractivity contribution in [3.05, 3.63) is 18.2 Å². The Bertz CT molecular complexity index is 491. The van der Waals surface area contributed by atoms with Crippen LogP contribution in [0.2, 0.25) is 0 Å². The van der Waals surface area contributed by atoms with Crippen molar-refractivity contribution in [1.29, 1.82) is 0 Å². The molecular weight excluding hydrogens is 376 g/mol. The van der Waals surface area contributed by atoms with Crippen LogP contribution in [0.25, 0.3) is 0 Å². The van der Waals surface area contributed by atoms with Crippen LogP contribution >= 0.6 is 0 Å². The van der Waals surface area contributed by atoms with Gasteiger partial charge in [0.1, 0.15) is 12.4 Å². The first-order valence-electron chi connectivity index (χ1n) is 14.4. The molecule has 0 aromatic carbocycles. The molecule has 2 heteroatoms. The van der Waals surface area contributed by atoms with Crippen LogP contribution in [0.1, 0.15) is 155 Å². The highest BCUT2D eigenvalue weighted by molar-refractivity contribution is 4.84. The summed E-state index contributed by atoms with van der Waals surface area (Å²) >= 11 is 0. The smallest absolute Gasteiger partial charge is 0.234 e. The van der Waals surface area contributed by atoms with Crippen molar-refractivity contribution in [1.82, 2.24) is 4.57 Å². The Morgan fingerprint density at radius 3 is 1.55 bits per heavy atom. The van der Waals surface area contributed by atoms with Crippen LogP contribution in [0.3, 0.4) is 0 Å². The van der Waals surface area contributed by atoms with Crippen molar-refractivity contribution in [2.45, 2.75) is 169 Å². The number of hydrogen-bond acceptors (Lipinski definition) is 0. The van der Waals surface area contributed by atoms with Crippen LogP contribution < -0.4 is 4.57 Å². The Labute approximate surface area is 196 Å². The Balaban J connectivity index is 2.38. The summed E-state index contributed by atoms with van der Waals surface area (Å²) in [6.07, 6.45) is 34.0. The van der Waals surface area contributed by atoms with Crippen molar-refractivity contribution < 1.29 is 4.57 Å². The third-order valence-electron chi connectivity index (χ3n) is 6.85. The SMILES string of the molecule is CCCCCCCCCCCc1n(CCCCCCC)cc[n+]1CCCCCCCC. The lowest BCUT2D eigenvalue weighted by molar-refractivity contribution is -0.704. The minimum Gasteiger partial charge on any atom is -0.234 e. The zero-order chi connectivity index (χ0) is 22.4. The van der Waals surface area contributed by atoms with Gasteiger partial charge in [-0.25, -0.2) is 9.13 Å². The zero-order valence-electron chi connectivity index (χ0n) is 21.8. The third kappa shape index (κ3) is 14.8. The van der Waals surface area contributed by atoms with Crippen LogP contribution in [0.4, 0.5) is 0 Å². The molecule has 0 bridgehead atoms. The normalized spacial score (nSPS) is 11.5. The first-order valence-corrected chi connectivity index (χ1v) is 14.4. The fourth-order valence-corrected chi connectivity index (χ4v) is 4.73. The zero-order valence-corrected chi connectivity index (χ0v) is 21.8. The summed E-state index contributed by atoms with van der Waals surface area (Å²) in [5.41, 5.74) is 0. The molecule has 1 heterocycles. The minimum absolute atomic E-state index is 1.22. The number of nitrogens with zero attached hydrogens (tertiary/aromatic N) is 2. The maximum absolute atomic E-state index is 2.59. The monoisotopic (exact) mass is 433 g/mol. The van der Waals surface area contributed by atoms with E-state index in [2.05, 4.69) is 42.3 Å². The second-order valence-electron chi connectivity index (χ2n) is 9.86. The fourth-order valence-electron chi connectivity index (χ4n) is 4.73. The molecule has 0 atom stereocenters. The summed E-state index contributed by atoms with van der Waals surface area (Å²) in [5, 5.41) is 0. The molecule has 0 amide bonds. The molecule has 0 radical (unpaired) electrons. The Morgan fingerprint density at radius 1 is 0.548 bits per heavy atom. The maximum Gasteiger partial charge on any atom is 0.256 e. The molecule has 0 spiro atoms. The van der Waals surface area contributed by atoms with Gasteiger partial charge in [-0.1, -0.05) is 117 Å². The highest BCUT2D eigenvalue weighted by atomic mass is 15.1. The maximum atomic E-state index is 2.59. The van der Waals surface area contributed by atoms with Crippen molar-refractivity contribution in [2.24, 2.45) is 0 Å². The van der Waals surface area contributed by atoms with Crippen LogP contribution in [-0.2, 0) is 19.5 Å². The second kappa shape index (κ2) is 21.1. The first kappa shape index (κ1) is 28.2. The minimum atomic E-state index is 1.22. The number of unbranched alkanes of at least 4 members (excludes halogenated alkanes) is 17. The number of aryl methyl sites for hydroxylation is 2. The van der Waals surface area contributed by atoms with Crippen LogP contribution in [0, 0.1) is 0 Å². The first-order chi connectivity index (χ1) is 15.3. The summed E-state index contributed by atoms with van der Waals surface area (Å²) in [5.74, 6) is 1.60. The molecule has 0 N–H and O–H groups in total. The molecule has 1 aromatic rings. The molecule has 0 aliphatic heterocycles. The highest BCUT2D eigenvalue weighted by Gasteiger charge is 2.16. The average Bonchev–Trinajstić information content (AvgIpc) is 3.16. The van der Waals surface area contributed by atoms with E-state index >= 15 is 0 Å². The Hall–Kier alpha value is -0.790. The fraction of sp³-hybridized carbons (Fsp3) is 0.897. The lowest BCUT2D eigenvalue weighted by atomic mass is 10.1. The van der Waals surface area contributed by atoms with Crippen LogP contribution in [0.5, 0.6) is 0 Å². The highest BCUT2D eigenvalue weighted by Crippen LogP contribution is 2.13. The van der Waals surface area contributed by atoms with Gasteiger partial charge in [0, 0.05) is 6.42 Å². The van der Waals surface area contributed by atoms with E-state index in [1.165, 1.54) is 148 Å². The number of aromatic nitrogens is 2. The topological polar surface area (TPSA) is 8.81 Å². The Morgan fingerprint density at radius 2 is 1.00 bits per heavy atom. The lowest BCUT2D eigenvalue weighted by Gasteiger charge is -2.07. The predicted octanol–water partition coefficient (Wildman–Crippen LogP) is 9.18. The largest absolute Gasteiger partial charge is 0.256 e. The molecule has 0 aliphatic rings. The summed E-state index contributed by atoms with van der Waals surface area (Å²) in [6.45, 7) is 9.36. The van der Waals surface area contributed by atoms with Gasteiger partial charge in [-0.05, 0) is 32.1 Å². The van der Waals surface area contributed by atoms with Crippen molar-refractivity contribution in [3.63, 3.8) is 0 Å². The molecule has 0 aliphatic carbocycles. The molecule has 0 fully saturated rings. The molecule has 31 heavy (non-hydrogen) atoms. The van der Waals surface area contributed by atoms with E-state index in [0.717, 1.165) is 0 Å². The van der Waals surface area contributed by atoms with Gasteiger partial charge >= 0.3 is 0 Å². The summed E-state index contributed by atoms with van der Waals surface area (Å²) < 4.78 is 5.18. The van der Waals surface area contributed by atoms with E-state index < -0.39 is 0 Å². The van der Waals surface area contributed by atoms with Gasteiger partial charge < -0.3 is 0 Å². The molecular formula is C29H57N2+. The van der Waals surface area contributed by atoms with Gasteiger partial charge in [0.25, 0.3) is 5.82 Å². The molecule has 182 valence electrons. The molecule has 1 aromatic heterocycles. The quantitative estimate of drug-likeness (QED) is 0.120. The third-order valence-corrected chi connectivity index (χ3v) is 6.85. The van der Waals surface area contributed by atoms with Crippen molar-refractivity contribution >= 4 is 0 Å². The molecule has 0 saturated carbocycles. The van der Waals surface area contributed by atoms with Gasteiger partial charge in [-0.3, -0.25) is 0 Å². The van der Waals surface area contributed by atoms with E-state index in [1.54, 1.807) is 5.82 Å².